The van der Waals surface area contributed by atoms with Gasteiger partial charge in [0.15, 0.2) is 0 Å². The third-order valence-electron chi connectivity index (χ3n) is 5.88. The van der Waals surface area contributed by atoms with Crippen LogP contribution in [0.3, 0.4) is 0 Å². The second-order valence-electron chi connectivity index (χ2n) is 7.49. The molecule has 144 valence electrons. The van der Waals surface area contributed by atoms with Gasteiger partial charge in [-0.15, -0.1) is 0 Å². The Balaban J connectivity index is 2.43. The van der Waals surface area contributed by atoms with Gasteiger partial charge in [-0.25, -0.2) is 0 Å². The summed E-state index contributed by atoms with van der Waals surface area (Å²) in [6, 6.07) is 10.6. The SMILES string of the molecule is CC1(C)C2=CC(Br)C(Br)(Br)C(Br)(Br)C2(Br)C(C)(Br)C1(Br)c1ccccc1. The van der Waals surface area contributed by atoms with Crippen LogP contribution in [-0.2, 0) is 4.32 Å². The maximum atomic E-state index is 4.23. The quantitative estimate of drug-likeness (QED) is 0.195. The van der Waals surface area contributed by atoms with Crippen LogP contribution >= 0.6 is 127 Å². The number of allylic oxidation sites excluding steroid dienone is 2. The molecule has 0 radical (unpaired) electrons. The number of benzene rings is 1. The van der Waals surface area contributed by atoms with Crippen molar-refractivity contribution in [3.63, 3.8) is 0 Å². The average Bonchev–Trinajstić information content (AvgIpc) is 2.64. The van der Waals surface area contributed by atoms with Crippen molar-refractivity contribution in [2.75, 3.05) is 0 Å². The van der Waals surface area contributed by atoms with Crippen molar-refractivity contribution in [2.45, 2.75) is 45.0 Å². The summed E-state index contributed by atoms with van der Waals surface area (Å²) in [5.74, 6) is 0. The highest BCUT2D eigenvalue weighted by Gasteiger charge is 2.82. The normalized spacial score (nSPS) is 42.9. The van der Waals surface area contributed by atoms with Crippen LogP contribution in [0.1, 0.15) is 26.3 Å². The molecule has 0 amide bonds. The molecule has 3 rings (SSSR count). The van der Waals surface area contributed by atoms with E-state index in [2.05, 4.69) is 185 Å². The van der Waals surface area contributed by atoms with Crippen molar-refractivity contribution >= 4 is 127 Å². The van der Waals surface area contributed by atoms with Crippen molar-refractivity contribution in [1.82, 2.24) is 0 Å². The molecule has 1 saturated carbocycles. The third kappa shape index (κ3) is 2.54. The van der Waals surface area contributed by atoms with Gasteiger partial charge in [-0.05, 0) is 18.1 Å². The Morgan fingerprint density at radius 2 is 1.27 bits per heavy atom. The highest BCUT2D eigenvalue weighted by Crippen LogP contribution is 2.82. The van der Waals surface area contributed by atoms with Gasteiger partial charge in [0, 0.05) is 5.41 Å². The van der Waals surface area contributed by atoms with E-state index in [1.807, 2.05) is 0 Å². The predicted molar refractivity (Wildman–Crippen MR) is 142 cm³/mol. The predicted octanol–water partition coefficient (Wildman–Crippen LogP) is 9.28. The van der Waals surface area contributed by atoms with Crippen LogP contribution in [0.5, 0.6) is 0 Å². The summed E-state index contributed by atoms with van der Waals surface area (Å²) in [6.07, 6.45) is 2.31. The molecule has 2 aliphatic carbocycles. The van der Waals surface area contributed by atoms with Crippen LogP contribution in [-0.4, -0.2) is 19.9 Å². The smallest absolute Gasteiger partial charge is 0.0820 e. The van der Waals surface area contributed by atoms with E-state index in [4.69, 9.17) is 0 Å². The van der Waals surface area contributed by atoms with Gasteiger partial charge in [-0.3, -0.25) is 0 Å². The van der Waals surface area contributed by atoms with Gasteiger partial charge in [0.05, 0.1) is 17.8 Å². The molecular formula is C18H16Br8. The Hall–Kier alpha value is 2.80. The first-order chi connectivity index (χ1) is 11.6. The maximum absolute atomic E-state index is 4.23. The molecule has 0 aliphatic heterocycles. The van der Waals surface area contributed by atoms with E-state index in [0.717, 1.165) is 0 Å². The molecule has 1 aromatic rings. The molecule has 0 spiro atoms. The molecule has 1 fully saturated rings. The van der Waals surface area contributed by atoms with Crippen molar-refractivity contribution in [3.8, 4) is 0 Å². The topological polar surface area (TPSA) is 0 Å². The second-order valence-corrected chi connectivity index (χ2v) is 19.5. The maximum Gasteiger partial charge on any atom is 0.127 e. The van der Waals surface area contributed by atoms with Gasteiger partial charge >= 0.3 is 0 Å². The first-order valence-electron chi connectivity index (χ1n) is 7.86. The van der Waals surface area contributed by atoms with Crippen LogP contribution in [0.15, 0.2) is 42.0 Å². The summed E-state index contributed by atoms with van der Waals surface area (Å²) in [6.45, 7) is 6.84. The van der Waals surface area contributed by atoms with Gasteiger partial charge < -0.3 is 0 Å². The number of alkyl halides is 8. The van der Waals surface area contributed by atoms with E-state index in [0.29, 0.717) is 0 Å². The molecule has 8 heteroatoms. The van der Waals surface area contributed by atoms with Crippen molar-refractivity contribution in [2.24, 2.45) is 5.41 Å². The molecular weight excluding hydrogens is 855 g/mol. The number of halogens is 8. The lowest BCUT2D eigenvalue weighted by Gasteiger charge is -2.56. The molecule has 1 aromatic carbocycles. The van der Waals surface area contributed by atoms with E-state index in [1.54, 1.807) is 0 Å². The largest absolute Gasteiger partial charge is 0.127 e. The van der Waals surface area contributed by atoms with Crippen LogP contribution < -0.4 is 0 Å². The molecule has 0 N–H and O–H groups in total. The van der Waals surface area contributed by atoms with Crippen molar-refractivity contribution in [1.29, 1.82) is 0 Å². The summed E-state index contributed by atoms with van der Waals surface area (Å²) in [4.78, 5) is 0.0580. The second kappa shape index (κ2) is 6.90. The molecule has 0 nitrogen and oxygen atoms in total. The minimum atomic E-state index is -0.557. The Morgan fingerprint density at radius 1 is 0.769 bits per heavy atom. The zero-order valence-electron chi connectivity index (χ0n) is 14.1. The van der Waals surface area contributed by atoms with E-state index in [-0.39, 0.29) is 14.6 Å². The lowest BCUT2D eigenvalue weighted by Crippen LogP contribution is -2.65. The van der Waals surface area contributed by atoms with Crippen LogP contribution in [0, 0.1) is 5.41 Å². The summed E-state index contributed by atoms with van der Waals surface area (Å²) >= 11 is 32.3. The monoisotopic (exact) mass is 863 g/mol. The number of fused-ring (bicyclic) bond motifs is 1. The fourth-order valence-corrected chi connectivity index (χ4v) is 12.8. The molecule has 2 aliphatic rings. The molecule has 0 bridgehead atoms. The van der Waals surface area contributed by atoms with E-state index < -0.39 is 15.1 Å². The van der Waals surface area contributed by atoms with Crippen molar-refractivity contribution in [3.05, 3.63) is 47.5 Å². The van der Waals surface area contributed by atoms with Crippen LogP contribution in [0.4, 0.5) is 0 Å². The Kier molecular flexibility index (Phi) is 6.23. The van der Waals surface area contributed by atoms with Gasteiger partial charge in [0.25, 0.3) is 0 Å². The minimum absolute atomic E-state index is 0.0580. The van der Waals surface area contributed by atoms with Gasteiger partial charge in [0.2, 0.25) is 0 Å². The van der Waals surface area contributed by atoms with E-state index >= 15 is 0 Å². The zero-order chi connectivity index (χ0) is 20.0. The molecule has 0 aromatic heterocycles. The van der Waals surface area contributed by atoms with E-state index in [9.17, 15) is 0 Å². The highest BCUT2D eigenvalue weighted by molar-refractivity contribution is 9.31. The highest BCUT2D eigenvalue weighted by atomic mass is 79.9. The van der Waals surface area contributed by atoms with Crippen LogP contribution in [0.2, 0.25) is 0 Å². The van der Waals surface area contributed by atoms with Crippen LogP contribution in [0.25, 0.3) is 0 Å². The lowest BCUT2D eigenvalue weighted by atomic mass is 9.72. The van der Waals surface area contributed by atoms with E-state index in [1.165, 1.54) is 11.1 Å². The summed E-state index contributed by atoms with van der Waals surface area (Å²) in [7, 11) is 0. The number of rotatable bonds is 1. The van der Waals surface area contributed by atoms with Crippen molar-refractivity contribution < 1.29 is 0 Å². The number of hydrogen-bond acceptors (Lipinski definition) is 0. The first-order valence-corrected chi connectivity index (χ1v) is 14.3. The Labute approximate surface area is 222 Å². The Morgan fingerprint density at radius 3 is 1.77 bits per heavy atom. The molecule has 4 unspecified atom stereocenters. The van der Waals surface area contributed by atoms with Gasteiger partial charge in [-0.2, -0.15) is 0 Å². The molecule has 4 atom stereocenters. The third-order valence-corrected chi connectivity index (χ3v) is 22.2. The fourth-order valence-electron chi connectivity index (χ4n) is 4.43. The summed E-state index contributed by atoms with van der Waals surface area (Å²) in [5.41, 5.74) is 2.33. The lowest BCUT2D eigenvalue weighted by molar-refractivity contribution is 0.331. The molecule has 0 heterocycles. The first kappa shape index (κ1) is 23.5. The average molecular weight is 872 g/mol. The van der Waals surface area contributed by atoms with Gasteiger partial charge in [0.1, 0.15) is 6.47 Å². The molecule has 26 heavy (non-hydrogen) atoms. The summed E-state index contributed by atoms with van der Waals surface area (Å²) in [5, 5.41) is 0. The summed E-state index contributed by atoms with van der Waals surface area (Å²) < 4.78 is -2.29. The van der Waals surface area contributed by atoms with Gasteiger partial charge in [-0.1, -0.05) is 178 Å². The number of hydrogen-bond donors (Lipinski definition) is 0. The Bertz CT molecular complexity index is 767. The molecule has 0 saturated heterocycles. The minimum Gasteiger partial charge on any atom is -0.0820 e. The fraction of sp³-hybridized carbons (Fsp3) is 0.556. The zero-order valence-corrected chi connectivity index (χ0v) is 26.8. The standard InChI is InChI=1S/C18H16Br8/c1-13(2)11-9-12(19)17(23,24)18(25,26)16(11,22)14(3,20)15(13,21)10-7-5-4-6-8-10/h4-9,12H,1-3H3.